The van der Waals surface area contributed by atoms with E-state index < -0.39 is 0 Å². The highest BCUT2D eigenvalue weighted by Crippen LogP contribution is 2.29. The Labute approximate surface area is 75.9 Å². The first kappa shape index (κ1) is 8.31. The summed E-state index contributed by atoms with van der Waals surface area (Å²) in [7, 11) is 1.74. The van der Waals surface area contributed by atoms with E-state index in [0.29, 0.717) is 18.1 Å². The van der Waals surface area contributed by atoms with Crippen LogP contribution in [0.15, 0.2) is 10.7 Å². The molecular weight excluding hydrogens is 170 g/mol. The molecule has 0 saturated carbocycles. The Morgan fingerprint density at radius 3 is 3.08 bits per heavy atom. The molecule has 1 aromatic rings. The predicted molar refractivity (Wildman–Crippen MR) is 46.1 cm³/mol. The maximum absolute atomic E-state index is 11.7. The highest BCUT2D eigenvalue weighted by molar-refractivity contribution is 6.04. The summed E-state index contributed by atoms with van der Waals surface area (Å²) >= 11 is 0. The van der Waals surface area contributed by atoms with E-state index in [1.807, 2.05) is 6.92 Å². The van der Waals surface area contributed by atoms with E-state index >= 15 is 0 Å². The molecule has 2 heterocycles. The van der Waals surface area contributed by atoms with Gasteiger partial charge >= 0.3 is 0 Å². The third kappa shape index (κ3) is 1.14. The Morgan fingerprint density at radius 2 is 2.38 bits per heavy atom. The van der Waals surface area contributed by atoms with Crippen molar-refractivity contribution in [3.63, 3.8) is 0 Å². The van der Waals surface area contributed by atoms with Crippen LogP contribution in [0.3, 0.4) is 0 Å². The molecule has 0 aromatic carbocycles. The highest BCUT2D eigenvalue weighted by Gasteiger charge is 2.31. The normalized spacial score (nSPS) is 21.1. The molecule has 0 saturated heterocycles. The highest BCUT2D eigenvalue weighted by atomic mass is 16.6. The molecule has 1 aliphatic heterocycles. The van der Waals surface area contributed by atoms with Crippen molar-refractivity contribution >= 4 is 5.78 Å². The van der Waals surface area contributed by atoms with Gasteiger partial charge in [0.15, 0.2) is 5.78 Å². The second kappa shape index (κ2) is 2.88. The van der Waals surface area contributed by atoms with Gasteiger partial charge in [0.1, 0.15) is 18.2 Å². The summed E-state index contributed by atoms with van der Waals surface area (Å²) in [6.45, 7) is 2.18. The van der Waals surface area contributed by atoms with Gasteiger partial charge in [0.25, 0.3) is 5.95 Å². The lowest BCUT2D eigenvalue weighted by Gasteiger charge is -2.20. The Hall–Kier alpha value is -1.29. The molecule has 1 aromatic heterocycles. The number of fused-ring (bicyclic) bond motifs is 1. The number of nitrogens with one attached hydrogen (secondary N) is 1. The number of Topliss-reactive ketones (excluding diaryl/α,β-unsaturated/α-hetero) is 1. The second-order valence-electron chi connectivity index (χ2n) is 3.10. The number of ether oxygens (including phenoxy) is 1. The molecule has 70 valence electrons. The zero-order chi connectivity index (χ0) is 9.42. The first-order valence-corrected chi connectivity index (χ1v) is 4.16. The minimum atomic E-state index is -0.246. The molecule has 1 unspecified atom stereocenters. The van der Waals surface area contributed by atoms with Crippen molar-refractivity contribution in [2.45, 2.75) is 13.0 Å². The molecular formula is C9H11NO3. The van der Waals surface area contributed by atoms with Crippen molar-refractivity contribution in [2.75, 3.05) is 13.7 Å². The molecule has 0 aliphatic carbocycles. The first-order chi connectivity index (χ1) is 6.24. The van der Waals surface area contributed by atoms with Crippen LogP contribution in [0.25, 0.3) is 0 Å². The van der Waals surface area contributed by atoms with Crippen LogP contribution in [0, 0.1) is 6.92 Å². The molecule has 0 radical (unpaired) electrons. The minimum absolute atomic E-state index is 0.0509. The number of aryl methyl sites for hydroxylation is 1. The van der Waals surface area contributed by atoms with Gasteiger partial charge in [-0.15, -0.1) is 0 Å². The average Bonchev–Trinajstić information content (AvgIpc) is 2.49. The number of carbonyl (C=O) groups excluding carboxylic acids is 1. The molecule has 4 heteroatoms. The van der Waals surface area contributed by atoms with E-state index in [1.54, 1.807) is 13.3 Å². The lowest BCUT2D eigenvalue weighted by atomic mass is 10.0. The fourth-order valence-corrected chi connectivity index (χ4v) is 1.45. The zero-order valence-electron chi connectivity index (χ0n) is 7.59. The summed E-state index contributed by atoms with van der Waals surface area (Å²) in [5.74, 6) is 0.406. The van der Waals surface area contributed by atoms with E-state index in [0.717, 1.165) is 5.56 Å². The van der Waals surface area contributed by atoms with Gasteiger partial charge < -0.3 is 14.5 Å². The van der Waals surface area contributed by atoms with Crippen molar-refractivity contribution in [1.82, 2.24) is 5.32 Å². The van der Waals surface area contributed by atoms with E-state index in [-0.39, 0.29) is 11.8 Å². The van der Waals surface area contributed by atoms with Gasteiger partial charge in [0.2, 0.25) is 0 Å². The van der Waals surface area contributed by atoms with Crippen molar-refractivity contribution in [3.05, 3.63) is 17.4 Å². The van der Waals surface area contributed by atoms with Gasteiger partial charge in [-0.2, -0.15) is 0 Å². The second-order valence-corrected chi connectivity index (χ2v) is 3.10. The molecule has 0 amide bonds. The smallest absolute Gasteiger partial charge is 0.295 e. The topological polar surface area (TPSA) is 51.5 Å². The molecule has 4 nitrogen and oxygen atoms in total. The molecule has 1 N–H and O–H groups in total. The van der Waals surface area contributed by atoms with Crippen LogP contribution in [0.4, 0.5) is 0 Å². The lowest BCUT2D eigenvalue weighted by Crippen LogP contribution is -2.42. The maximum atomic E-state index is 11.7. The lowest BCUT2D eigenvalue weighted by molar-refractivity contribution is 0.0849. The Bertz CT molecular complexity index is 343. The summed E-state index contributed by atoms with van der Waals surface area (Å²) in [5, 5.41) is 2.90. The summed E-state index contributed by atoms with van der Waals surface area (Å²) < 4.78 is 10.3. The van der Waals surface area contributed by atoms with E-state index in [4.69, 9.17) is 9.15 Å². The summed E-state index contributed by atoms with van der Waals surface area (Å²) in [4.78, 5) is 11.7. The predicted octanol–water partition coefficient (Wildman–Crippen LogP) is 0.751. The number of ketones is 1. The Balaban J connectivity index is 2.43. The maximum Gasteiger partial charge on any atom is 0.295 e. The van der Waals surface area contributed by atoms with E-state index in [9.17, 15) is 4.79 Å². The van der Waals surface area contributed by atoms with Crippen LogP contribution in [0.1, 0.15) is 15.9 Å². The minimum Gasteiger partial charge on any atom is -0.462 e. The Kier molecular flexibility index (Phi) is 1.84. The average molecular weight is 181 g/mol. The summed E-state index contributed by atoms with van der Waals surface area (Å²) in [5.41, 5.74) is 1.41. The number of hydrogen-bond donors (Lipinski definition) is 1. The van der Waals surface area contributed by atoms with Gasteiger partial charge in [-0.1, -0.05) is 0 Å². The zero-order valence-corrected chi connectivity index (χ0v) is 7.59. The number of carbonyl (C=O) groups is 1. The molecule has 0 spiro atoms. The van der Waals surface area contributed by atoms with Crippen LogP contribution in [-0.4, -0.2) is 25.5 Å². The quantitative estimate of drug-likeness (QED) is 0.694. The number of hydrogen-bond acceptors (Lipinski definition) is 4. The molecule has 0 fully saturated rings. The SMILES string of the molecule is CNC1COc2occ(C)c2C1=O. The summed E-state index contributed by atoms with van der Waals surface area (Å²) in [6, 6.07) is -0.246. The van der Waals surface area contributed by atoms with Crippen molar-refractivity contribution < 1.29 is 13.9 Å². The number of rotatable bonds is 1. The molecule has 1 atom stereocenters. The first-order valence-electron chi connectivity index (χ1n) is 4.16. The van der Waals surface area contributed by atoms with Crippen molar-refractivity contribution in [2.24, 2.45) is 0 Å². The summed E-state index contributed by atoms with van der Waals surface area (Å²) in [6.07, 6.45) is 1.54. The van der Waals surface area contributed by atoms with Gasteiger partial charge in [0.05, 0.1) is 6.26 Å². The third-order valence-corrected chi connectivity index (χ3v) is 2.23. The van der Waals surface area contributed by atoms with Crippen molar-refractivity contribution in [3.8, 4) is 5.95 Å². The molecule has 13 heavy (non-hydrogen) atoms. The van der Waals surface area contributed by atoms with Crippen LogP contribution >= 0.6 is 0 Å². The van der Waals surface area contributed by atoms with Gasteiger partial charge in [-0.05, 0) is 14.0 Å². The van der Waals surface area contributed by atoms with Crippen LogP contribution in [0.5, 0.6) is 5.95 Å². The van der Waals surface area contributed by atoms with Gasteiger partial charge in [0, 0.05) is 5.56 Å². The van der Waals surface area contributed by atoms with Crippen LogP contribution < -0.4 is 10.1 Å². The standard InChI is InChI=1S/C9H11NO3/c1-5-3-12-9-7(5)8(11)6(10-2)4-13-9/h3,6,10H,4H2,1-2H3. The third-order valence-electron chi connectivity index (χ3n) is 2.23. The molecule has 0 bridgehead atoms. The fourth-order valence-electron chi connectivity index (χ4n) is 1.45. The molecule has 2 rings (SSSR count). The van der Waals surface area contributed by atoms with E-state index in [1.165, 1.54) is 0 Å². The number of likely N-dealkylation sites (N-methyl/N-ethyl adjacent to an activating group) is 1. The van der Waals surface area contributed by atoms with Crippen LogP contribution in [0.2, 0.25) is 0 Å². The Morgan fingerprint density at radius 1 is 1.62 bits per heavy atom. The van der Waals surface area contributed by atoms with Crippen molar-refractivity contribution in [1.29, 1.82) is 0 Å². The fraction of sp³-hybridized carbons (Fsp3) is 0.444. The number of furan rings is 1. The monoisotopic (exact) mass is 181 g/mol. The molecule has 1 aliphatic rings. The van der Waals surface area contributed by atoms with Gasteiger partial charge in [-0.25, -0.2) is 0 Å². The van der Waals surface area contributed by atoms with Gasteiger partial charge in [-0.3, -0.25) is 4.79 Å². The largest absolute Gasteiger partial charge is 0.462 e. The van der Waals surface area contributed by atoms with E-state index in [2.05, 4.69) is 5.32 Å². The van der Waals surface area contributed by atoms with Crippen LogP contribution in [-0.2, 0) is 0 Å².